The first-order valence-corrected chi connectivity index (χ1v) is 22.8. The molecule has 1 aliphatic rings. The zero-order chi connectivity index (χ0) is 51.6. The Morgan fingerprint density at radius 1 is 0.375 bits per heavy atom. The van der Waals surface area contributed by atoms with Gasteiger partial charge in [0.15, 0.2) is 24.4 Å². The van der Waals surface area contributed by atoms with Gasteiger partial charge in [-0.05, 0) is 147 Å². The van der Waals surface area contributed by atoms with Gasteiger partial charge in [-0.15, -0.1) is 0 Å². The van der Waals surface area contributed by atoms with Crippen LogP contribution in [-0.4, -0.2) is 122 Å². The number of carbonyl (C=O) groups is 6. The van der Waals surface area contributed by atoms with Crippen LogP contribution in [0.3, 0.4) is 0 Å². The van der Waals surface area contributed by atoms with Gasteiger partial charge in [0.1, 0.15) is 42.0 Å². The lowest BCUT2D eigenvalue weighted by molar-refractivity contribution is -0.178. The summed E-state index contributed by atoms with van der Waals surface area (Å²) in [7, 11) is 8.81. The molecule has 0 amide bonds. The molecule has 0 spiro atoms. The molecule has 380 valence electrons. The van der Waals surface area contributed by atoms with Crippen molar-refractivity contribution >= 4 is 35.8 Å². The minimum absolute atomic E-state index is 0.0163. The molecule has 18 nitrogen and oxygen atoms in total. The first kappa shape index (κ1) is 53.2. The van der Waals surface area contributed by atoms with E-state index >= 15 is 0 Å². The number of esters is 6. The zero-order valence-corrected chi connectivity index (χ0v) is 40.6. The molecule has 4 atom stereocenters. The predicted octanol–water partition coefficient (Wildman–Crippen LogP) is 7.54. The van der Waals surface area contributed by atoms with Gasteiger partial charge in [0.25, 0.3) is 0 Å². The molecule has 18 heteroatoms. The molecule has 72 heavy (non-hydrogen) atoms. The van der Waals surface area contributed by atoms with Crippen LogP contribution in [-0.2, 0) is 38.0 Å². The van der Waals surface area contributed by atoms with Gasteiger partial charge in [0.05, 0.1) is 75.4 Å². The van der Waals surface area contributed by atoms with Crippen LogP contribution in [0, 0.1) is 5.92 Å². The van der Waals surface area contributed by atoms with E-state index in [1.165, 1.54) is 157 Å². The van der Waals surface area contributed by atoms with Crippen molar-refractivity contribution in [3.8, 4) is 28.7 Å². The van der Waals surface area contributed by atoms with E-state index in [-0.39, 0.29) is 33.9 Å². The average molecular weight is 993 g/mol. The van der Waals surface area contributed by atoms with Gasteiger partial charge < -0.3 is 56.8 Å². The van der Waals surface area contributed by atoms with Crippen molar-refractivity contribution in [2.75, 3.05) is 55.9 Å². The summed E-state index contributed by atoms with van der Waals surface area (Å²) in [6.07, 6.45) is -6.05. The fourth-order valence-corrected chi connectivity index (χ4v) is 7.59. The number of rotatable bonds is 23. The topological polar surface area (TPSA) is 213 Å². The monoisotopic (exact) mass is 992 g/mol. The van der Waals surface area contributed by atoms with E-state index in [4.69, 9.17) is 56.8 Å². The molecule has 5 aromatic rings. The zero-order valence-electron chi connectivity index (χ0n) is 40.6. The second kappa shape index (κ2) is 26.2. The number of carbonyl (C=O) groups excluding carboxylic acids is 6. The van der Waals surface area contributed by atoms with Gasteiger partial charge in [-0.3, -0.25) is 4.79 Å². The molecule has 0 aromatic heterocycles. The Labute approximate surface area is 416 Å². The number of hydrogen-bond acceptors (Lipinski definition) is 18. The van der Waals surface area contributed by atoms with Gasteiger partial charge >= 0.3 is 35.8 Å². The molecule has 0 saturated heterocycles. The molecule has 6 rings (SSSR count). The fourth-order valence-electron chi connectivity index (χ4n) is 7.59. The molecule has 0 bridgehead atoms. The van der Waals surface area contributed by atoms with Crippen molar-refractivity contribution < 1.29 is 85.6 Å². The molecule has 1 saturated carbocycles. The summed E-state index contributed by atoms with van der Waals surface area (Å²) in [5.41, 5.74) is 0.0238. The normalized spacial score (nSPS) is 15.7. The Kier molecular flexibility index (Phi) is 19.4. The van der Waals surface area contributed by atoms with Crippen LogP contribution >= 0.6 is 0 Å². The molecular formula is C54H56O18. The highest BCUT2D eigenvalue weighted by Gasteiger charge is 2.47. The molecular weight excluding hydrogens is 937 g/mol. The van der Waals surface area contributed by atoms with Crippen LogP contribution in [0.5, 0.6) is 28.7 Å². The second-order valence-corrected chi connectivity index (χ2v) is 16.2. The molecule has 0 aliphatic heterocycles. The molecule has 1 fully saturated rings. The third-order valence-corrected chi connectivity index (χ3v) is 11.8. The average Bonchev–Trinajstić information content (AvgIpc) is 3.43. The molecule has 0 unspecified atom stereocenters. The molecule has 0 heterocycles. The van der Waals surface area contributed by atoms with E-state index in [0.29, 0.717) is 54.4 Å². The van der Waals surface area contributed by atoms with Crippen LogP contribution in [0.1, 0.15) is 77.5 Å². The van der Waals surface area contributed by atoms with Crippen LogP contribution in [0.2, 0.25) is 0 Å². The maximum absolute atomic E-state index is 14.5. The highest BCUT2D eigenvalue weighted by Crippen LogP contribution is 2.30. The van der Waals surface area contributed by atoms with Crippen molar-refractivity contribution in [3.05, 3.63) is 149 Å². The number of benzene rings is 5. The molecule has 1 aliphatic carbocycles. The maximum Gasteiger partial charge on any atom is 0.338 e. The van der Waals surface area contributed by atoms with Crippen molar-refractivity contribution in [2.24, 2.45) is 5.92 Å². The van der Waals surface area contributed by atoms with Crippen LogP contribution in [0.25, 0.3) is 0 Å². The minimum Gasteiger partial charge on any atom is -0.497 e. The lowest BCUT2D eigenvalue weighted by atomic mass is 9.87. The molecule has 0 radical (unpaired) electrons. The van der Waals surface area contributed by atoms with E-state index in [2.05, 4.69) is 0 Å². The number of ether oxygens (including phenoxy) is 12. The summed E-state index contributed by atoms with van der Waals surface area (Å²) < 4.78 is 68.4. The number of hydrogen-bond donors (Lipinski definition) is 0. The van der Waals surface area contributed by atoms with E-state index in [1.807, 2.05) is 0 Å². The molecule has 0 N–H and O–H groups in total. The summed E-state index contributed by atoms with van der Waals surface area (Å²) in [5.74, 6) is -4.24. The standard InChI is InChI=1S/C54H56O18/c1-61-39-19-7-33(8-20-39)49(55)67-31-45(69-51(57)35-11-23-41(63-3)24-12-35)47(71-53(59)37-15-27-43(65-5)28-16-37)48(72-54(60)38-17-29-44(66-6)30-18-38)46(70-52(58)36-13-25-42(64-4)26-14-36)32-68-50(56)34-9-21-40(62-2)22-10-34/h7-12,15-24,27-30,36,42,45-48H,13-14,25-26,31-32H2,1-6H3/t36?,42?,45-,46-,47-,48-/m1/s1. The van der Waals surface area contributed by atoms with E-state index in [9.17, 15) is 28.8 Å². The predicted molar refractivity (Wildman–Crippen MR) is 256 cm³/mol. The van der Waals surface area contributed by atoms with Gasteiger partial charge in [-0.25, -0.2) is 24.0 Å². The van der Waals surface area contributed by atoms with Crippen molar-refractivity contribution in [3.63, 3.8) is 0 Å². The van der Waals surface area contributed by atoms with Crippen molar-refractivity contribution in [2.45, 2.75) is 56.2 Å². The van der Waals surface area contributed by atoms with Crippen molar-refractivity contribution in [1.29, 1.82) is 0 Å². The second-order valence-electron chi connectivity index (χ2n) is 16.2. The SMILES string of the molecule is COc1ccc(C(=O)OC[C@@H](OC(=O)c2ccc(OC)cc2)[C@@H](OC(=O)c2ccc(OC)cc2)[C@H](OC(=O)c2ccc(OC)cc2)[C@@H](COC(=O)c2ccc(OC)cc2)OC(=O)C2CCC(OC)CC2)cc1. The van der Waals surface area contributed by atoms with Gasteiger partial charge in [-0.2, -0.15) is 0 Å². The van der Waals surface area contributed by atoms with Crippen molar-refractivity contribution in [1.82, 2.24) is 0 Å². The Bertz CT molecular complexity index is 2570. The third kappa shape index (κ3) is 14.5. The van der Waals surface area contributed by atoms with E-state index in [1.54, 1.807) is 7.11 Å². The Balaban J connectivity index is 1.50. The smallest absolute Gasteiger partial charge is 0.338 e. The van der Waals surface area contributed by atoms with Crippen LogP contribution in [0.4, 0.5) is 0 Å². The quantitative estimate of drug-likeness (QED) is 0.0457. The fraction of sp³-hybridized carbons (Fsp3) is 0.333. The number of methoxy groups -OCH3 is 6. The largest absolute Gasteiger partial charge is 0.497 e. The van der Waals surface area contributed by atoms with E-state index in [0.717, 1.165) is 0 Å². The Hall–Kier alpha value is -8.12. The highest BCUT2D eigenvalue weighted by atomic mass is 16.6. The lowest BCUT2D eigenvalue weighted by Gasteiger charge is -2.36. The summed E-state index contributed by atoms with van der Waals surface area (Å²) in [6.45, 7) is -1.66. The Morgan fingerprint density at radius 3 is 0.944 bits per heavy atom. The molecule has 5 aromatic carbocycles. The third-order valence-electron chi connectivity index (χ3n) is 11.8. The van der Waals surface area contributed by atoms with Crippen LogP contribution < -0.4 is 23.7 Å². The van der Waals surface area contributed by atoms with E-state index < -0.39 is 79.4 Å². The van der Waals surface area contributed by atoms with Gasteiger partial charge in [0, 0.05) is 7.11 Å². The minimum atomic E-state index is -2.02. The van der Waals surface area contributed by atoms with Gasteiger partial charge in [0.2, 0.25) is 0 Å². The summed E-state index contributed by atoms with van der Waals surface area (Å²) in [4.78, 5) is 85.2. The Morgan fingerprint density at radius 2 is 0.653 bits per heavy atom. The summed E-state index contributed by atoms with van der Waals surface area (Å²) >= 11 is 0. The lowest BCUT2D eigenvalue weighted by Crippen LogP contribution is -2.55. The van der Waals surface area contributed by atoms with Crippen LogP contribution in [0.15, 0.2) is 121 Å². The summed E-state index contributed by atoms with van der Waals surface area (Å²) in [6, 6.07) is 29.3. The highest BCUT2D eigenvalue weighted by molar-refractivity contribution is 5.92. The first-order chi connectivity index (χ1) is 34.9. The maximum atomic E-state index is 14.5. The first-order valence-electron chi connectivity index (χ1n) is 22.8. The van der Waals surface area contributed by atoms with Gasteiger partial charge in [-0.1, -0.05) is 0 Å². The summed E-state index contributed by atoms with van der Waals surface area (Å²) in [5, 5.41) is 0.